The van der Waals surface area contributed by atoms with E-state index in [-0.39, 0.29) is 16.6 Å². The predicted molar refractivity (Wildman–Crippen MR) is 68.2 cm³/mol. The molecule has 10 heteroatoms. The second-order valence-electron chi connectivity index (χ2n) is 3.66. The van der Waals surface area contributed by atoms with Gasteiger partial charge in [0.25, 0.3) is 5.69 Å². The number of fused-ring (bicyclic) bond motifs is 1. The molecule has 0 aliphatic heterocycles. The van der Waals surface area contributed by atoms with Crippen LogP contribution < -0.4 is 11.1 Å². The first-order valence-corrected chi connectivity index (χ1v) is 5.46. The van der Waals surface area contributed by atoms with Crippen molar-refractivity contribution in [1.29, 1.82) is 0 Å². The van der Waals surface area contributed by atoms with Crippen molar-refractivity contribution in [2.24, 2.45) is 0 Å². The number of hydrogen-bond donors (Lipinski definition) is 2. The molecular formula is C10H6ClN3O6. The summed E-state index contributed by atoms with van der Waals surface area (Å²) in [6.45, 7) is 0. The molecule has 0 saturated carbocycles. The number of H-pyrrole nitrogens is 2. The molecule has 0 bridgehead atoms. The lowest BCUT2D eigenvalue weighted by Gasteiger charge is -2.06. The first-order chi connectivity index (χ1) is 9.36. The molecule has 0 aliphatic rings. The first-order valence-electron chi connectivity index (χ1n) is 5.08. The molecule has 2 aromatic rings. The summed E-state index contributed by atoms with van der Waals surface area (Å²) in [5.41, 5.74) is -3.31. The number of ether oxygens (including phenoxy) is 1. The molecule has 1 aromatic carbocycles. The molecule has 20 heavy (non-hydrogen) atoms. The number of halogens is 1. The average molecular weight is 300 g/mol. The summed E-state index contributed by atoms with van der Waals surface area (Å²) < 4.78 is 4.47. The molecule has 0 aliphatic carbocycles. The Kier molecular flexibility index (Phi) is 3.28. The molecule has 2 N–H and O–H groups in total. The van der Waals surface area contributed by atoms with Crippen molar-refractivity contribution in [3.05, 3.63) is 47.5 Å². The van der Waals surface area contributed by atoms with Gasteiger partial charge in [0.15, 0.2) is 0 Å². The minimum absolute atomic E-state index is 0.142. The molecule has 0 amide bonds. The topological polar surface area (TPSA) is 135 Å². The minimum Gasteiger partial charge on any atom is -0.465 e. The quantitative estimate of drug-likeness (QED) is 0.360. The number of benzene rings is 1. The van der Waals surface area contributed by atoms with Crippen molar-refractivity contribution < 1.29 is 14.5 Å². The molecule has 0 saturated heterocycles. The zero-order chi connectivity index (χ0) is 15.0. The van der Waals surface area contributed by atoms with Crippen molar-refractivity contribution in [2.75, 3.05) is 7.11 Å². The Morgan fingerprint density at radius 3 is 2.35 bits per heavy atom. The number of rotatable bonds is 2. The van der Waals surface area contributed by atoms with Gasteiger partial charge in [0.05, 0.1) is 28.6 Å². The van der Waals surface area contributed by atoms with Crippen molar-refractivity contribution in [3.63, 3.8) is 0 Å². The molecule has 0 spiro atoms. The summed E-state index contributed by atoms with van der Waals surface area (Å²) in [6, 6.07) is 0.866. The van der Waals surface area contributed by atoms with Crippen LogP contribution in [0, 0.1) is 10.1 Å². The highest BCUT2D eigenvalue weighted by Gasteiger charge is 2.24. The SMILES string of the molecule is COC(=O)c1cc([N+](=O)[O-])c(Cl)c2[nH]c(=O)c(=O)[nH]c12. The highest BCUT2D eigenvalue weighted by atomic mass is 35.5. The lowest BCUT2D eigenvalue weighted by molar-refractivity contribution is -0.384. The van der Waals surface area contributed by atoms with Crippen LogP contribution in [0.1, 0.15) is 10.4 Å². The van der Waals surface area contributed by atoms with Crippen molar-refractivity contribution in [2.45, 2.75) is 0 Å². The van der Waals surface area contributed by atoms with Gasteiger partial charge in [0, 0.05) is 6.07 Å². The number of carbonyl (C=O) groups is 1. The van der Waals surface area contributed by atoms with Gasteiger partial charge < -0.3 is 14.7 Å². The Labute approximate surface area is 114 Å². The van der Waals surface area contributed by atoms with E-state index in [0.29, 0.717) is 0 Å². The molecule has 0 atom stereocenters. The zero-order valence-electron chi connectivity index (χ0n) is 9.85. The van der Waals surface area contributed by atoms with Gasteiger partial charge in [0.1, 0.15) is 5.02 Å². The fourth-order valence-corrected chi connectivity index (χ4v) is 1.90. The van der Waals surface area contributed by atoms with E-state index < -0.39 is 32.7 Å². The monoisotopic (exact) mass is 299 g/mol. The van der Waals surface area contributed by atoms with Gasteiger partial charge >= 0.3 is 17.1 Å². The predicted octanol–water partition coefficient (Wildman–Crippen LogP) is 0.565. The van der Waals surface area contributed by atoms with E-state index in [1.807, 2.05) is 0 Å². The van der Waals surface area contributed by atoms with E-state index in [1.54, 1.807) is 0 Å². The minimum atomic E-state index is -1.05. The summed E-state index contributed by atoms with van der Waals surface area (Å²) >= 11 is 5.79. The molecule has 0 fully saturated rings. The van der Waals surface area contributed by atoms with Gasteiger partial charge in [-0.05, 0) is 0 Å². The molecule has 1 heterocycles. The number of nitrogens with zero attached hydrogens (tertiary/aromatic N) is 1. The summed E-state index contributed by atoms with van der Waals surface area (Å²) in [7, 11) is 1.07. The number of hydrogen-bond acceptors (Lipinski definition) is 6. The van der Waals surface area contributed by atoms with Crippen LogP contribution in [-0.2, 0) is 4.74 Å². The highest BCUT2D eigenvalue weighted by molar-refractivity contribution is 6.37. The van der Waals surface area contributed by atoms with Gasteiger partial charge in [-0.1, -0.05) is 11.6 Å². The number of aromatic nitrogens is 2. The molecule has 2 rings (SSSR count). The smallest absolute Gasteiger partial charge is 0.340 e. The lowest BCUT2D eigenvalue weighted by atomic mass is 10.1. The van der Waals surface area contributed by atoms with Crippen LogP contribution in [0.3, 0.4) is 0 Å². The third kappa shape index (κ3) is 2.03. The zero-order valence-corrected chi connectivity index (χ0v) is 10.6. The maximum Gasteiger partial charge on any atom is 0.340 e. The van der Waals surface area contributed by atoms with Gasteiger partial charge in [-0.25, -0.2) is 4.79 Å². The second kappa shape index (κ2) is 4.78. The summed E-state index contributed by atoms with van der Waals surface area (Å²) in [6.07, 6.45) is 0. The Morgan fingerprint density at radius 1 is 1.30 bits per heavy atom. The number of aromatic amines is 2. The summed E-state index contributed by atoms with van der Waals surface area (Å²) in [5, 5.41) is 10.5. The van der Waals surface area contributed by atoms with Gasteiger partial charge in [-0.2, -0.15) is 0 Å². The van der Waals surface area contributed by atoms with E-state index in [1.165, 1.54) is 0 Å². The molecule has 0 unspecified atom stereocenters. The summed E-state index contributed by atoms with van der Waals surface area (Å²) in [4.78, 5) is 48.5. The van der Waals surface area contributed by atoms with Crippen molar-refractivity contribution in [3.8, 4) is 0 Å². The van der Waals surface area contributed by atoms with E-state index in [9.17, 15) is 24.5 Å². The molecule has 9 nitrogen and oxygen atoms in total. The van der Waals surface area contributed by atoms with Crippen LogP contribution in [0.15, 0.2) is 15.7 Å². The van der Waals surface area contributed by atoms with Gasteiger partial charge in [0.2, 0.25) is 0 Å². The van der Waals surface area contributed by atoms with Crippen LogP contribution in [0.25, 0.3) is 11.0 Å². The Morgan fingerprint density at radius 2 is 1.85 bits per heavy atom. The first kappa shape index (κ1) is 13.7. The maximum atomic E-state index is 11.6. The Balaban J connectivity index is 3.04. The van der Waals surface area contributed by atoms with E-state index in [4.69, 9.17) is 11.6 Å². The molecule has 104 valence electrons. The number of esters is 1. The van der Waals surface area contributed by atoms with Crippen molar-refractivity contribution >= 4 is 34.3 Å². The van der Waals surface area contributed by atoms with E-state index >= 15 is 0 Å². The standard InChI is InChI=1S/C10H6ClN3O6/c1-20-10(17)3-2-4(14(18)19)5(11)7-6(3)12-8(15)9(16)13-7/h2H,1H3,(H,12,15)(H,13,16). The fourth-order valence-electron chi connectivity index (χ4n) is 1.64. The fraction of sp³-hybridized carbons (Fsp3) is 0.100. The second-order valence-corrected chi connectivity index (χ2v) is 4.04. The van der Waals surface area contributed by atoms with E-state index in [0.717, 1.165) is 13.2 Å². The highest BCUT2D eigenvalue weighted by Crippen LogP contribution is 2.32. The third-order valence-corrected chi connectivity index (χ3v) is 2.91. The third-order valence-electron chi connectivity index (χ3n) is 2.53. The number of methoxy groups -OCH3 is 1. The van der Waals surface area contributed by atoms with E-state index in [2.05, 4.69) is 14.7 Å². The number of nitrogens with one attached hydrogen (secondary N) is 2. The van der Waals surface area contributed by atoms with Crippen LogP contribution >= 0.6 is 11.6 Å². The maximum absolute atomic E-state index is 11.6. The number of nitro groups is 1. The molecule has 1 aromatic heterocycles. The van der Waals surface area contributed by atoms with Gasteiger partial charge in [-0.15, -0.1) is 0 Å². The van der Waals surface area contributed by atoms with Crippen LogP contribution in [0.5, 0.6) is 0 Å². The lowest BCUT2D eigenvalue weighted by Crippen LogP contribution is -2.29. The Bertz CT molecular complexity index is 852. The van der Waals surface area contributed by atoms with Crippen LogP contribution in [0.2, 0.25) is 5.02 Å². The average Bonchev–Trinajstić information content (AvgIpc) is 2.40. The van der Waals surface area contributed by atoms with Gasteiger partial charge in [-0.3, -0.25) is 19.7 Å². The van der Waals surface area contributed by atoms with Crippen LogP contribution in [-0.4, -0.2) is 28.0 Å². The summed E-state index contributed by atoms with van der Waals surface area (Å²) in [5.74, 6) is -0.919. The Hall–Kier alpha value is -2.68. The molecular weight excluding hydrogens is 294 g/mol. The largest absolute Gasteiger partial charge is 0.465 e. The normalized spacial score (nSPS) is 10.5. The molecule has 0 radical (unpaired) electrons. The number of nitro benzene ring substituents is 1. The number of carbonyl (C=O) groups excluding carboxylic acids is 1. The van der Waals surface area contributed by atoms with Crippen molar-refractivity contribution in [1.82, 2.24) is 9.97 Å². The van der Waals surface area contributed by atoms with Crippen LogP contribution in [0.4, 0.5) is 5.69 Å².